The minimum absolute atomic E-state index is 0.107. The van der Waals surface area contributed by atoms with Gasteiger partial charge in [0, 0.05) is 3.57 Å². The monoisotopic (exact) mass is 376 g/mol. The van der Waals surface area contributed by atoms with Crippen LogP contribution in [-0.2, 0) is 0 Å². The summed E-state index contributed by atoms with van der Waals surface area (Å²) in [7, 11) is 0. The predicted octanol–water partition coefficient (Wildman–Crippen LogP) is 3.31. The normalized spacial score (nSPS) is 10.1. The molecule has 1 rings (SSSR count). The lowest BCUT2D eigenvalue weighted by molar-refractivity contribution is 0.618. The molecule has 0 saturated carbocycles. The molecule has 11 heavy (non-hydrogen) atoms. The van der Waals surface area contributed by atoms with Crippen LogP contribution in [0.2, 0.25) is 0 Å². The van der Waals surface area contributed by atoms with Gasteiger partial charge >= 0.3 is 0 Å². The van der Waals surface area contributed by atoms with E-state index in [9.17, 15) is 4.39 Å². The van der Waals surface area contributed by atoms with Crippen LogP contribution in [0.25, 0.3) is 0 Å². The number of rotatable bonds is 1. The standard InChI is InChI=1S/C8H7FI2/c1-5-3-6(9)8(10)7(4-5)11-2/h3-4H,2H2,1H3. The molecule has 0 bridgehead atoms. The first-order chi connectivity index (χ1) is 5.15. The van der Waals surface area contributed by atoms with Crippen LogP contribution in [0.4, 0.5) is 4.39 Å². The molecular formula is C8H7FI2. The van der Waals surface area contributed by atoms with Gasteiger partial charge in [0.25, 0.3) is 0 Å². The average molecular weight is 376 g/mol. The number of hydrogen-bond donors (Lipinski definition) is 0. The molecular weight excluding hydrogens is 369 g/mol. The Labute approximate surface area is 89.1 Å². The SMILES string of the molecule is C=Ic1cc(C)cc(F)c1I. The van der Waals surface area contributed by atoms with Crippen molar-refractivity contribution < 1.29 is 4.39 Å². The molecule has 0 unspecified atom stereocenters. The fourth-order valence-electron chi connectivity index (χ4n) is 0.779. The molecule has 0 spiro atoms. The summed E-state index contributed by atoms with van der Waals surface area (Å²) >= 11 is 1.79. The van der Waals surface area contributed by atoms with E-state index >= 15 is 0 Å². The summed E-state index contributed by atoms with van der Waals surface area (Å²) in [5, 5.41) is 0. The molecule has 0 N–H and O–H groups in total. The molecule has 0 fully saturated rings. The quantitative estimate of drug-likeness (QED) is 0.522. The largest absolute Gasteiger partial charge is 0.206 e. The van der Waals surface area contributed by atoms with Gasteiger partial charge in [0.2, 0.25) is 0 Å². The van der Waals surface area contributed by atoms with Gasteiger partial charge in [0.15, 0.2) is 0 Å². The first-order valence-electron chi connectivity index (χ1n) is 2.99. The summed E-state index contributed by atoms with van der Waals surface area (Å²) in [6, 6.07) is 3.58. The molecule has 0 aliphatic rings. The van der Waals surface area contributed by atoms with Crippen LogP contribution < -0.4 is 0 Å². The van der Waals surface area contributed by atoms with Gasteiger partial charge in [0.05, 0.1) is 3.57 Å². The maximum Gasteiger partial charge on any atom is 0.137 e. The van der Waals surface area contributed by atoms with Crippen molar-refractivity contribution in [2.75, 3.05) is 0 Å². The minimum Gasteiger partial charge on any atom is -0.206 e. The summed E-state index contributed by atoms with van der Waals surface area (Å²) in [5.41, 5.74) is 0.987. The van der Waals surface area contributed by atoms with Gasteiger partial charge in [-0.2, -0.15) is 0 Å². The number of halogens is 3. The second-order valence-corrected chi connectivity index (χ2v) is 5.18. The van der Waals surface area contributed by atoms with Crippen molar-refractivity contribution in [2.45, 2.75) is 6.92 Å². The van der Waals surface area contributed by atoms with Gasteiger partial charge in [-0.15, -0.1) is 0 Å². The van der Waals surface area contributed by atoms with Crippen molar-refractivity contribution in [3.05, 3.63) is 30.7 Å². The van der Waals surface area contributed by atoms with Crippen LogP contribution in [-0.4, -0.2) is 4.51 Å². The molecule has 0 atom stereocenters. The Bertz CT molecular complexity index is 294. The maximum atomic E-state index is 13.0. The average Bonchev–Trinajstić information content (AvgIpc) is 1.96. The Kier molecular flexibility index (Phi) is 3.42. The highest BCUT2D eigenvalue weighted by Crippen LogP contribution is 2.22. The zero-order chi connectivity index (χ0) is 8.43. The molecule has 1 aromatic carbocycles. The van der Waals surface area contributed by atoms with Gasteiger partial charge in [-0.3, -0.25) is 0 Å². The second-order valence-electron chi connectivity index (χ2n) is 2.18. The highest BCUT2D eigenvalue weighted by Gasteiger charge is 2.03. The third-order valence-electron chi connectivity index (χ3n) is 1.27. The number of hydrogen-bond acceptors (Lipinski definition) is 0. The van der Waals surface area contributed by atoms with E-state index in [2.05, 4.69) is 4.51 Å². The second kappa shape index (κ2) is 3.93. The molecule has 1 aromatic rings. The van der Waals surface area contributed by atoms with Gasteiger partial charge in [-0.1, -0.05) is 25.2 Å². The van der Waals surface area contributed by atoms with E-state index in [0.29, 0.717) is 0 Å². The lowest BCUT2D eigenvalue weighted by Crippen LogP contribution is -1.88. The van der Waals surface area contributed by atoms with E-state index in [1.165, 1.54) is 0 Å². The Hall–Kier alpha value is 0.480. The highest BCUT2D eigenvalue weighted by molar-refractivity contribution is 14.2. The van der Waals surface area contributed by atoms with E-state index in [4.69, 9.17) is 0 Å². The molecule has 0 heterocycles. The Morgan fingerprint density at radius 1 is 1.55 bits per heavy atom. The smallest absolute Gasteiger partial charge is 0.137 e. The first-order valence-corrected chi connectivity index (χ1v) is 6.67. The molecule has 60 valence electrons. The Balaban J connectivity index is 3.35. The lowest BCUT2D eigenvalue weighted by atomic mass is 10.2. The van der Waals surface area contributed by atoms with E-state index in [-0.39, 0.29) is 26.5 Å². The van der Waals surface area contributed by atoms with Crippen LogP contribution >= 0.6 is 43.3 Å². The fraction of sp³-hybridized carbons (Fsp3) is 0.125. The van der Waals surface area contributed by atoms with E-state index in [0.717, 1.165) is 12.7 Å². The van der Waals surface area contributed by atoms with Gasteiger partial charge in [0.1, 0.15) is 5.82 Å². The van der Waals surface area contributed by atoms with Gasteiger partial charge in [-0.25, -0.2) is 4.39 Å². The third kappa shape index (κ3) is 2.21. The third-order valence-corrected chi connectivity index (χ3v) is 5.07. The van der Waals surface area contributed by atoms with E-state index in [1.54, 1.807) is 6.07 Å². The van der Waals surface area contributed by atoms with Crippen LogP contribution in [0.3, 0.4) is 0 Å². The lowest BCUT2D eigenvalue weighted by Gasteiger charge is -2.00. The summed E-state index contributed by atoms with van der Waals surface area (Å²) in [4.78, 5) is 0. The zero-order valence-electron chi connectivity index (χ0n) is 6.00. The van der Waals surface area contributed by atoms with E-state index < -0.39 is 0 Å². The van der Waals surface area contributed by atoms with Crippen molar-refractivity contribution in [2.24, 2.45) is 0 Å². The molecule has 0 aliphatic carbocycles. The molecule has 0 nitrogen and oxygen atoms in total. The fourth-order valence-corrected chi connectivity index (χ4v) is 3.36. The molecule has 0 radical (unpaired) electrons. The van der Waals surface area contributed by atoms with Gasteiger partial charge in [-0.05, 0) is 47.2 Å². The Morgan fingerprint density at radius 2 is 2.18 bits per heavy atom. The molecule has 3 heteroatoms. The summed E-state index contributed by atoms with van der Waals surface area (Å²) in [5.74, 6) is -0.107. The van der Waals surface area contributed by atoms with Crippen molar-refractivity contribution in [1.29, 1.82) is 0 Å². The molecule has 0 saturated heterocycles. The first kappa shape index (κ1) is 9.57. The summed E-state index contributed by atoms with van der Waals surface area (Å²) in [6.07, 6.45) is 0. The summed E-state index contributed by atoms with van der Waals surface area (Å²) < 4.78 is 18.7. The minimum atomic E-state index is -0.243. The van der Waals surface area contributed by atoms with Crippen LogP contribution in [0.15, 0.2) is 12.1 Å². The van der Waals surface area contributed by atoms with Crippen molar-refractivity contribution >= 4 is 47.8 Å². The maximum absolute atomic E-state index is 13.0. The predicted molar refractivity (Wildman–Crippen MR) is 63.7 cm³/mol. The summed E-state index contributed by atoms with van der Waals surface area (Å²) in [6.45, 7) is 1.90. The number of benzene rings is 1. The van der Waals surface area contributed by atoms with Crippen LogP contribution in [0, 0.1) is 19.9 Å². The van der Waals surface area contributed by atoms with E-state index in [1.807, 2.05) is 35.6 Å². The molecule has 0 amide bonds. The zero-order valence-corrected chi connectivity index (χ0v) is 10.3. The van der Waals surface area contributed by atoms with Crippen LogP contribution in [0.1, 0.15) is 5.56 Å². The Morgan fingerprint density at radius 3 is 2.73 bits per heavy atom. The van der Waals surface area contributed by atoms with Crippen molar-refractivity contribution in [3.8, 4) is 0 Å². The van der Waals surface area contributed by atoms with Crippen molar-refractivity contribution in [1.82, 2.24) is 0 Å². The number of aryl methyl sites for hydroxylation is 1. The molecule has 0 aromatic heterocycles. The topological polar surface area (TPSA) is 0 Å². The van der Waals surface area contributed by atoms with Gasteiger partial charge < -0.3 is 0 Å². The van der Waals surface area contributed by atoms with Crippen LogP contribution in [0.5, 0.6) is 0 Å². The molecule has 0 aliphatic heterocycles. The highest BCUT2D eigenvalue weighted by atomic mass is 127. The van der Waals surface area contributed by atoms with Crippen molar-refractivity contribution in [3.63, 3.8) is 0 Å².